The van der Waals surface area contributed by atoms with Crippen molar-refractivity contribution in [3.63, 3.8) is 0 Å². The second kappa shape index (κ2) is 11.3. The molecule has 2 rings (SSSR count). The number of hydrazone groups is 1. The second-order valence-corrected chi connectivity index (χ2v) is 6.15. The molecule has 1 N–H and O–H groups in total. The van der Waals surface area contributed by atoms with Crippen molar-refractivity contribution in [2.45, 2.75) is 6.92 Å². The Kier molecular flexibility index (Phi) is 8.65. The molecule has 2 aromatic carbocycles. The summed E-state index contributed by atoms with van der Waals surface area (Å²) in [5.74, 6) is 1.25. The van der Waals surface area contributed by atoms with Crippen molar-refractivity contribution in [2.24, 2.45) is 5.10 Å². The van der Waals surface area contributed by atoms with E-state index in [9.17, 15) is 4.79 Å². The lowest BCUT2D eigenvalue weighted by molar-refractivity contribution is -0.118. The fourth-order valence-electron chi connectivity index (χ4n) is 1.99. The van der Waals surface area contributed by atoms with Crippen LogP contribution in [0, 0.1) is 0 Å². The molecule has 2 aromatic rings. The predicted molar refractivity (Wildman–Crippen MR) is 104 cm³/mol. The predicted octanol–water partition coefficient (Wildman–Crippen LogP) is 3.39. The highest BCUT2D eigenvalue weighted by Gasteiger charge is 2.03. The summed E-state index contributed by atoms with van der Waals surface area (Å²) < 4.78 is 17.7. The summed E-state index contributed by atoms with van der Waals surface area (Å²) >= 11 is 3.40. The van der Waals surface area contributed by atoms with Gasteiger partial charge in [-0.15, -0.1) is 0 Å². The Balaban J connectivity index is 1.70. The molecule has 0 heterocycles. The lowest BCUT2D eigenvalue weighted by Crippen LogP contribution is -2.13. The van der Waals surface area contributed by atoms with Crippen LogP contribution in [0.4, 0.5) is 0 Å². The largest absolute Gasteiger partial charge is 0.491 e. The zero-order valence-corrected chi connectivity index (χ0v) is 16.1. The maximum atomic E-state index is 10.9. The Morgan fingerprint density at radius 1 is 1.08 bits per heavy atom. The minimum Gasteiger partial charge on any atom is -0.491 e. The van der Waals surface area contributed by atoms with Crippen LogP contribution in [0.3, 0.4) is 0 Å². The van der Waals surface area contributed by atoms with Crippen LogP contribution in [0.15, 0.2) is 58.1 Å². The first-order valence-corrected chi connectivity index (χ1v) is 8.92. The fraction of sp³-hybridized carbons (Fsp3) is 0.263. The van der Waals surface area contributed by atoms with Gasteiger partial charge in [-0.25, -0.2) is 5.43 Å². The molecule has 138 valence electrons. The van der Waals surface area contributed by atoms with Gasteiger partial charge >= 0.3 is 0 Å². The van der Waals surface area contributed by atoms with Gasteiger partial charge in [-0.3, -0.25) is 4.79 Å². The molecular formula is C19H21BrN2O4. The number of ether oxygens (including phenoxy) is 3. The number of carbonyl (C=O) groups is 1. The lowest BCUT2D eigenvalue weighted by Gasteiger charge is -2.10. The van der Waals surface area contributed by atoms with E-state index >= 15 is 0 Å². The third kappa shape index (κ3) is 7.67. The van der Waals surface area contributed by atoms with Crippen LogP contribution in [0.1, 0.15) is 12.5 Å². The van der Waals surface area contributed by atoms with E-state index in [4.69, 9.17) is 14.2 Å². The number of benzene rings is 2. The van der Waals surface area contributed by atoms with Crippen LogP contribution in [0.2, 0.25) is 0 Å². The minimum absolute atomic E-state index is 0.232. The maximum Gasteiger partial charge on any atom is 0.236 e. The van der Waals surface area contributed by atoms with Crippen LogP contribution in [-0.2, 0) is 9.53 Å². The number of nitrogens with zero attached hydrogens (tertiary/aromatic N) is 1. The van der Waals surface area contributed by atoms with Crippen LogP contribution < -0.4 is 14.9 Å². The zero-order chi connectivity index (χ0) is 18.6. The number of para-hydroxylation sites is 1. The van der Waals surface area contributed by atoms with E-state index < -0.39 is 0 Å². The number of carbonyl (C=O) groups excluding carboxylic acids is 1. The lowest BCUT2D eigenvalue weighted by atomic mass is 10.2. The number of nitrogens with one attached hydrogen (secondary N) is 1. The summed E-state index contributed by atoms with van der Waals surface area (Å²) in [4.78, 5) is 10.9. The average Bonchev–Trinajstić information content (AvgIpc) is 2.63. The molecule has 6 nitrogen and oxygen atoms in total. The monoisotopic (exact) mass is 420 g/mol. The van der Waals surface area contributed by atoms with Gasteiger partial charge in [0, 0.05) is 17.0 Å². The van der Waals surface area contributed by atoms with Crippen molar-refractivity contribution in [1.82, 2.24) is 5.43 Å². The van der Waals surface area contributed by atoms with Gasteiger partial charge in [0.15, 0.2) is 0 Å². The summed E-state index contributed by atoms with van der Waals surface area (Å²) in [5.41, 5.74) is 3.12. The number of hydrogen-bond donors (Lipinski definition) is 1. The van der Waals surface area contributed by atoms with Crippen LogP contribution in [0.5, 0.6) is 11.5 Å². The van der Waals surface area contributed by atoms with Crippen molar-refractivity contribution in [3.05, 3.63) is 58.6 Å². The molecular weight excluding hydrogens is 400 g/mol. The van der Waals surface area contributed by atoms with Gasteiger partial charge < -0.3 is 14.2 Å². The van der Waals surface area contributed by atoms with E-state index in [0.717, 1.165) is 15.8 Å². The highest BCUT2D eigenvalue weighted by atomic mass is 79.9. The van der Waals surface area contributed by atoms with E-state index in [1.807, 2.05) is 48.5 Å². The quantitative estimate of drug-likeness (QED) is 0.363. The van der Waals surface area contributed by atoms with Gasteiger partial charge in [0.2, 0.25) is 5.91 Å². The highest BCUT2D eigenvalue weighted by Crippen LogP contribution is 2.21. The highest BCUT2D eigenvalue weighted by molar-refractivity contribution is 9.10. The van der Waals surface area contributed by atoms with Crippen molar-refractivity contribution >= 4 is 28.1 Å². The van der Waals surface area contributed by atoms with Gasteiger partial charge in [0.25, 0.3) is 0 Å². The summed E-state index contributed by atoms with van der Waals surface area (Å²) in [6.07, 6.45) is 1.54. The van der Waals surface area contributed by atoms with Crippen LogP contribution >= 0.6 is 15.9 Å². The number of hydrogen-bond acceptors (Lipinski definition) is 5. The zero-order valence-electron chi connectivity index (χ0n) is 14.5. The molecule has 0 radical (unpaired) electrons. The normalized spacial score (nSPS) is 10.7. The molecule has 26 heavy (non-hydrogen) atoms. The number of amides is 1. The molecule has 7 heteroatoms. The van der Waals surface area contributed by atoms with Gasteiger partial charge in [-0.2, -0.15) is 5.10 Å². The number of rotatable bonds is 10. The Bertz CT molecular complexity index is 723. The molecule has 0 saturated heterocycles. The summed E-state index contributed by atoms with van der Waals surface area (Å²) in [7, 11) is 0. The number of halogens is 1. The average molecular weight is 421 g/mol. The van der Waals surface area contributed by atoms with E-state index in [0.29, 0.717) is 32.2 Å². The molecule has 0 aliphatic rings. The first kappa shape index (κ1) is 19.9. The molecule has 1 amide bonds. The summed E-state index contributed by atoms with van der Waals surface area (Å²) in [5, 5.41) is 3.87. The molecule has 0 spiro atoms. The van der Waals surface area contributed by atoms with E-state index in [1.54, 1.807) is 0 Å². The Hall–Kier alpha value is -2.38. The van der Waals surface area contributed by atoms with E-state index in [2.05, 4.69) is 26.5 Å². The van der Waals surface area contributed by atoms with E-state index in [-0.39, 0.29) is 5.91 Å². The molecule has 0 aliphatic carbocycles. The van der Waals surface area contributed by atoms with E-state index in [1.165, 1.54) is 13.1 Å². The van der Waals surface area contributed by atoms with Crippen molar-refractivity contribution < 1.29 is 19.0 Å². The smallest absolute Gasteiger partial charge is 0.236 e. The maximum absolute atomic E-state index is 10.9. The van der Waals surface area contributed by atoms with Crippen molar-refractivity contribution in [2.75, 3.05) is 26.4 Å². The second-order valence-electron chi connectivity index (χ2n) is 5.23. The third-order valence-corrected chi connectivity index (χ3v) is 3.62. The van der Waals surface area contributed by atoms with Crippen molar-refractivity contribution in [3.8, 4) is 11.5 Å². The molecule has 0 atom stereocenters. The first-order chi connectivity index (χ1) is 12.6. The Morgan fingerprint density at radius 2 is 1.81 bits per heavy atom. The molecule has 0 aromatic heterocycles. The van der Waals surface area contributed by atoms with Crippen molar-refractivity contribution in [1.29, 1.82) is 0 Å². The molecule has 0 aliphatic heterocycles. The topological polar surface area (TPSA) is 69.2 Å². The van der Waals surface area contributed by atoms with Gasteiger partial charge in [-0.1, -0.05) is 34.1 Å². The molecule has 0 fully saturated rings. The molecule has 0 saturated carbocycles. The first-order valence-electron chi connectivity index (χ1n) is 8.13. The molecule has 0 unspecified atom stereocenters. The molecule has 0 bridgehead atoms. The van der Waals surface area contributed by atoms with Gasteiger partial charge in [-0.05, 0) is 30.3 Å². The summed E-state index contributed by atoms with van der Waals surface area (Å²) in [6, 6.07) is 15.2. The van der Waals surface area contributed by atoms with Crippen LogP contribution in [-0.4, -0.2) is 38.5 Å². The van der Waals surface area contributed by atoms with Gasteiger partial charge in [0.1, 0.15) is 24.7 Å². The Morgan fingerprint density at radius 3 is 2.54 bits per heavy atom. The Labute approximate surface area is 161 Å². The van der Waals surface area contributed by atoms with Gasteiger partial charge in [0.05, 0.1) is 19.4 Å². The standard InChI is InChI=1S/C19H21BrN2O4/c1-15(23)22-21-14-16-13-17(20)7-8-19(16)26-12-10-24-9-11-25-18-5-3-2-4-6-18/h2-8,13-14H,9-12H2,1H3,(H,22,23). The minimum atomic E-state index is -0.232. The van der Waals surface area contributed by atoms with Crippen LogP contribution in [0.25, 0.3) is 0 Å². The fourth-order valence-corrected chi connectivity index (χ4v) is 2.37. The SMILES string of the molecule is CC(=O)NN=Cc1cc(Br)ccc1OCCOCCOc1ccccc1. The summed E-state index contributed by atoms with van der Waals surface area (Å²) in [6.45, 7) is 3.20. The third-order valence-electron chi connectivity index (χ3n) is 3.12.